The van der Waals surface area contributed by atoms with Crippen LogP contribution in [0.2, 0.25) is 0 Å². The van der Waals surface area contributed by atoms with Crippen LogP contribution < -0.4 is 5.32 Å². The number of nitrogens with one attached hydrogen (secondary N) is 1. The molecule has 1 aliphatic carbocycles. The average Bonchev–Trinajstić information content (AvgIpc) is 2.94. The van der Waals surface area contributed by atoms with E-state index in [-0.39, 0.29) is 0 Å². The van der Waals surface area contributed by atoms with Gasteiger partial charge in [-0.05, 0) is 25.2 Å². The SMILES string of the molecule is CSC1(CNc2cnnc3ccccc23)CCCC1. The van der Waals surface area contributed by atoms with E-state index in [1.165, 1.54) is 25.7 Å². The van der Waals surface area contributed by atoms with Crippen molar-refractivity contribution in [3.05, 3.63) is 30.5 Å². The van der Waals surface area contributed by atoms with Crippen molar-refractivity contribution in [2.24, 2.45) is 0 Å². The predicted molar refractivity (Wildman–Crippen MR) is 82.7 cm³/mol. The van der Waals surface area contributed by atoms with E-state index in [4.69, 9.17) is 0 Å². The number of hydrogen-bond acceptors (Lipinski definition) is 4. The first kappa shape index (κ1) is 12.7. The van der Waals surface area contributed by atoms with Gasteiger partial charge in [0.1, 0.15) is 0 Å². The Morgan fingerprint density at radius 1 is 1.26 bits per heavy atom. The second-order valence-electron chi connectivity index (χ2n) is 5.22. The lowest BCUT2D eigenvalue weighted by Gasteiger charge is -2.27. The molecule has 0 radical (unpaired) electrons. The van der Waals surface area contributed by atoms with Crippen LogP contribution in [-0.2, 0) is 0 Å². The first-order chi connectivity index (χ1) is 9.33. The molecule has 1 fully saturated rings. The number of benzene rings is 1. The zero-order valence-electron chi connectivity index (χ0n) is 11.2. The second kappa shape index (κ2) is 5.37. The lowest BCUT2D eigenvalue weighted by Crippen LogP contribution is -2.30. The maximum Gasteiger partial charge on any atom is 0.0950 e. The molecular weight excluding hydrogens is 254 g/mol. The third-order valence-corrected chi connectivity index (χ3v) is 5.51. The van der Waals surface area contributed by atoms with Crippen molar-refractivity contribution in [1.29, 1.82) is 0 Å². The van der Waals surface area contributed by atoms with Gasteiger partial charge in [0.2, 0.25) is 0 Å². The van der Waals surface area contributed by atoms with Crippen LogP contribution in [0.1, 0.15) is 25.7 Å². The zero-order valence-corrected chi connectivity index (χ0v) is 12.0. The first-order valence-electron chi connectivity index (χ1n) is 6.82. The minimum absolute atomic E-state index is 0.407. The van der Waals surface area contributed by atoms with E-state index < -0.39 is 0 Å². The second-order valence-corrected chi connectivity index (χ2v) is 6.50. The van der Waals surface area contributed by atoms with Crippen LogP contribution in [0.15, 0.2) is 30.5 Å². The smallest absolute Gasteiger partial charge is 0.0950 e. The van der Waals surface area contributed by atoms with E-state index in [1.807, 2.05) is 30.1 Å². The van der Waals surface area contributed by atoms with E-state index in [9.17, 15) is 0 Å². The Kier molecular flexibility index (Phi) is 3.60. The van der Waals surface area contributed by atoms with Crippen LogP contribution in [0, 0.1) is 0 Å². The van der Waals surface area contributed by atoms with Gasteiger partial charge in [-0.2, -0.15) is 22.0 Å². The van der Waals surface area contributed by atoms with Gasteiger partial charge in [-0.3, -0.25) is 0 Å². The van der Waals surface area contributed by atoms with Crippen molar-refractivity contribution in [3.8, 4) is 0 Å². The van der Waals surface area contributed by atoms with Crippen LogP contribution in [0.25, 0.3) is 10.9 Å². The number of rotatable bonds is 4. The Morgan fingerprint density at radius 3 is 2.84 bits per heavy atom. The zero-order chi connectivity index (χ0) is 13.1. The first-order valence-corrected chi connectivity index (χ1v) is 8.05. The number of nitrogens with zero attached hydrogens (tertiary/aromatic N) is 2. The van der Waals surface area contributed by atoms with E-state index in [1.54, 1.807) is 0 Å². The van der Waals surface area contributed by atoms with Gasteiger partial charge in [-0.15, -0.1) is 0 Å². The van der Waals surface area contributed by atoms with Crippen molar-refractivity contribution in [1.82, 2.24) is 10.2 Å². The molecule has 0 aliphatic heterocycles. The molecule has 2 aromatic rings. The largest absolute Gasteiger partial charge is 0.382 e. The quantitative estimate of drug-likeness (QED) is 0.921. The third kappa shape index (κ3) is 2.54. The maximum atomic E-state index is 4.16. The fourth-order valence-corrected chi connectivity index (χ4v) is 3.79. The highest BCUT2D eigenvalue weighted by Crippen LogP contribution is 2.40. The molecule has 0 amide bonds. The van der Waals surface area contributed by atoms with Crippen LogP contribution in [-0.4, -0.2) is 27.7 Å². The third-order valence-electron chi connectivity index (χ3n) is 4.10. The summed E-state index contributed by atoms with van der Waals surface area (Å²) in [6.07, 6.45) is 9.42. The summed E-state index contributed by atoms with van der Waals surface area (Å²) in [6.45, 7) is 1.02. The molecule has 0 atom stereocenters. The minimum atomic E-state index is 0.407. The summed E-state index contributed by atoms with van der Waals surface area (Å²) in [6, 6.07) is 8.16. The Bertz CT molecular complexity index is 559. The van der Waals surface area contributed by atoms with Crippen molar-refractivity contribution in [2.75, 3.05) is 18.1 Å². The van der Waals surface area contributed by atoms with Gasteiger partial charge >= 0.3 is 0 Å². The van der Waals surface area contributed by atoms with Crippen molar-refractivity contribution >= 4 is 28.4 Å². The number of hydrogen-bond donors (Lipinski definition) is 1. The van der Waals surface area contributed by atoms with Gasteiger partial charge in [0.25, 0.3) is 0 Å². The van der Waals surface area contributed by atoms with E-state index in [0.29, 0.717) is 4.75 Å². The van der Waals surface area contributed by atoms with Crippen LogP contribution in [0.3, 0.4) is 0 Å². The summed E-state index contributed by atoms with van der Waals surface area (Å²) in [5.74, 6) is 0. The van der Waals surface area contributed by atoms with Gasteiger partial charge in [0, 0.05) is 16.7 Å². The predicted octanol–water partition coefficient (Wildman–Crippen LogP) is 3.72. The normalized spacial score (nSPS) is 17.7. The number of anilines is 1. The maximum absolute atomic E-state index is 4.16. The van der Waals surface area contributed by atoms with Gasteiger partial charge < -0.3 is 5.32 Å². The monoisotopic (exact) mass is 273 g/mol. The minimum Gasteiger partial charge on any atom is -0.382 e. The molecule has 3 rings (SSSR count). The standard InChI is InChI=1S/C15H19N3S/c1-19-15(8-4-5-9-15)11-16-14-10-17-18-13-7-3-2-6-12(13)14/h2-3,6-7,10H,4-5,8-9,11H2,1H3,(H,16,18). The Morgan fingerprint density at radius 2 is 2.05 bits per heavy atom. The number of fused-ring (bicyclic) bond motifs is 1. The molecule has 3 nitrogen and oxygen atoms in total. The van der Waals surface area contributed by atoms with Crippen molar-refractivity contribution < 1.29 is 0 Å². The Labute approximate surface area is 118 Å². The van der Waals surface area contributed by atoms with Gasteiger partial charge in [-0.1, -0.05) is 31.0 Å². The van der Waals surface area contributed by atoms with Crippen LogP contribution in [0.4, 0.5) is 5.69 Å². The molecule has 0 unspecified atom stereocenters. The fourth-order valence-electron chi connectivity index (χ4n) is 2.88. The van der Waals surface area contributed by atoms with Crippen LogP contribution >= 0.6 is 11.8 Å². The van der Waals surface area contributed by atoms with Crippen molar-refractivity contribution in [2.45, 2.75) is 30.4 Å². The van der Waals surface area contributed by atoms with E-state index >= 15 is 0 Å². The van der Waals surface area contributed by atoms with Crippen LogP contribution in [0.5, 0.6) is 0 Å². The molecule has 1 N–H and O–H groups in total. The average molecular weight is 273 g/mol. The molecule has 1 heterocycles. The summed E-state index contributed by atoms with van der Waals surface area (Å²) in [7, 11) is 0. The fraction of sp³-hybridized carbons (Fsp3) is 0.467. The molecule has 19 heavy (non-hydrogen) atoms. The molecule has 4 heteroatoms. The summed E-state index contributed by atoms with van der Waals surface area (Å²) >= 11 is 2.01. The van der Waals surface area contributed by atoms with Crippen molar-refractivity contribution in [3.63, 3.8) is 0 Å². The summed E-state index contributed by atoms with van der Waals surface area (Å²) in [4.78, 5) is 0. The molecule has 1 aromatic carbocycles. The van der Waals surface area contributed by atoms with E-state index in [0.717, 1.165) is 23.1 Å². The summed E-state index contributed by atoms with van der Waals surface area (Å²) in [5.41, 5.74) is 2.06. The van der Waals surface area contributed by atoms with Gasteiger partial charge in [0.15, 0.2) is 0 Å². The molecule has 0 spiro atoms. The molecule has 1 saturated carbocycles. The topological polar surface area (TPSA) is 37.8 Å². The number of thioether (sulfide) groups is 1. The lowest BCUT2D eigenvalue weighted by molar-refractivity contribution is 0.640. The number of aromatic nitrogens is 2. The van der Waals surface area contributed by atoms with Gasteiger partial charge in [-0.25, -0.2) is 0 Å². The highest BCUT2D eigenvalue weighted by molar-refractivity contribution is 8.00. The summed E-state index contributed by atoms with van der Waals surface area (Å²) in [5, 5.41) is 13.0. The Balaban J connectivity index is 1.82. The lowest BCUT2D eigenvalue weighted by atomic mass is 10.1. The molecular formula is C15H19N3S. The highest BCUT2D eigenvalue weighted by atomic mass is 32.2. The Hall–Kier alpha value is -1.29. The highest BCUT2D eigenvalue weighted by Gasteiger charge is 2.32. The summed E-state index contributed by atoms with van der Waals surface area (Å²) < 4.78 is 0.407. The molecule has 1 aliphatic rings. The van der Waals surface area contributed by atoms with E-state index in [2.05, 4.69) is 33.9 Å². The van der Waals surface area contributed by atoms with Gasteiger partial charge in [0.05, 0.1) is 17.4 Å². The molecule has 1 aromatic heterocycles. The molecule has 0 bridgehead atoms. The molecule has 100 valence electrons. The molecule has 0 saturated heterocycles.